The summed E-state index contributed by atoms with van der Waals surface area (Å²) in [6.07, 6.45) is -2.82. The van der Waals surface area contributed by atoms with Crippen molar-refractivity contribution in [1.29, 1.82) is 0 Å². The topological polar surface area (TPSA) is 79.8 Å². The van der Waals surface area contributed by atoms with Gasteiger partial charge in [0.1, 0.15) is 15.6 Å². The fraction of sp³-hybridized carbons (Fsp3) is 0.562. The molecule has 1 aromatic carbocycles. The van der Waals surface area contributed by atoms with Gasteiger partial charge in [-0.25, -0.2) is 8.42 Å². The van der Waals surface area contributed by atoms with Crippen LogP contribution in [0.3, 0.4) is 0 Å². The monoisotopic (exact) mass is 523 g/mol. The predicted octanol–water partition coefficient (Wildman–Crippen LogP) is 2.65. The minimum absolute atomic E-state index is 0. The molecule has 0 spiro atoms. The van der Waals surface area contributed by atoms with Crippen LogP contribution in [0, 0.1) is 6.92 Å². The molecule has 0 unspecified atom stereocenters. The number of hydrogen-bond donors (Lipinski definition) is 2. The second-order valence-corrected chi connectivity index (χ2v) is 8.11. The molecule has 11 heteroatoms. The number of aryl methyl sites for hydroxylation is 1. The van der Waals surface area contributed by atoms with Crippen molar-refractivity contribution in [2.75, 3.05) is 32.2 Å². The number of rotatable bonds is 8. The Labute approximate surface area is 174 Å². The maximum atomic E-state index is 12.4. The van der Waals surface area contributed by atoms with E-state index in [1.165, 1.54) is 6.26 Å². The van der Waals surface area contributed by atoms with Gasteiger partial charge in [0.25, 0.3) is 0 Å². The second kappa shape index (κ2) is 11.6. The Bertz CT molecular complexity index is 725. The molecule has 27 heavy (non-hydrogen) atoms. The molecule has 0 atom stereocenters. The van der Waals surface area contributed by atoms with E-state index in [2.05, 4.69) is 15.6 Å². The number of hydrogen-bond acceptors (Lipinski definition) is 4. The van der Waals surface area contributed by atoms with Crippen LogP contribution in [0.15, 0.2) is 23.2 Å². The van der Waals surface area contributed by atoms with Gasteiger partial charge in [-0.05, 0) is 25.0 Å². The van der Waals surface area contributed by atoms with Crippen LogP contribution in [-0.2, 0) is 16.4 Å². The quantitative estimate of drug-likeness (QED) is 0.237. The Morgan fingerprint density at radius 2 is 1.93 bits per heavy atom. The summed E-state index contributed by atoms with van der Waals surface area (Å²) in [5.41, 5.74) is 1.34. The number of ether oxygens (including phenoxy) is 1. The zero-order chi connectivity index (χ0) is 19.8. The zero-order valence-electron chi connectivity index (χ0n) is 15.4. The molecule has 0 amide bonds. The first-order chi connectivity index (χ1) is 12.0. The van der Waals surface area contributed by atoms with Gasteiger partial charge < -0.3 is 15.4 Å². The van der Waals surface area contributed by atoms with Crippen molar-refractivity contribution in [3.05, 3.63) is 29.3 Å². The fourth-order valence-electron chi connectivity index (χ4n) is 2.04. The zero-order valence-corrected chi connectivity index (χ0v) is 18.5. The van der Waals surface area contributed by atoms with Crippen LogP contribution in [0.25, 0.3) is 0 Å². The van der Waals surface area contributed by atoms with E-state index in [4.69, 9.17) is 4.74 Å². The third kappa shape index (κ3) is 12.0. The minimum atomic E-state index is -4.41. The van der Waals surface area contributed by atoms with Crippen molar-refractivity contribution in [2.45, 2.75) is 26.1 Å². The lowest BCUT2D eigenvalue weighted by Gasteiger charge is -2.16. The lowest BCUT2D eigenvalue weighted by molar-refractivity contribution is -0.153. The molecule has 0 aliphatic heterocycles. The van der Waals surface area contributed by atoms with Crippen LogP contribution in [0.2, 0.25) is 0 Å². The SMILES string of the molecule is CN=C(NCCCS(C)(=O)=O)NCc1ccc(C)cc1OCC(F)(F)F.I. The van der Waals surface area contributed by atoms with E-state index in [-0.39, 0.29) is 42.0 Å². The first kappa shape index (κ1) is 25.8. The number of halogens is 4. The molecule has 1 aromatic rings. The summed E-state index contributed by atoms with van der Waals surface area (Å²) < 4.78 is 64.2. The third-order valence-electron chi connectivity index (χ3n) is 3.27. The Morgan fingerprint density at radius 3 is 2.48 bits per heavy atom. The minimum Gasteiger partial charge on any atom is -0.484 e. The van der Waals surface area contributed by atoms with Gasteiger partial charge in [0, 0.05) is 32.0 Å². The number of nitrogens with one attached hydrogen (secondary N) is 2. The largest absolute Gasteiger partial charge is 0.484 e. The van der Waals surface area contributed by atoms with Gasteiger partial charge in [-0.1, -0.05) is 12.1 Å². The molecule has 1 rings (SSSR count). The van der Waals surface area contributed by atoms with Gasteiger partial charge in [-0.2, -0.15) is 13.2 Å². The van der Waals surface area contributed by atoms with Crippen molar-refractivity contribution in [1.82, 2.24) is 10.6 Å². The molecule has 0 bridgehead atoms. The number of benzene rings is 1. The first-order valence-corrected chi connectivity index (χ1v) is 9.97. The van der Waals surface area contributed by atoms with E-state index in [1.807, 2.05) is 0 Å². The average molecular weight is 523 g/mol. The molecule has 0 fully saturated rings. The summed E-state index contributed by atoms with van der Waals surface area (Å²) in [4.78, 5) is 3.99. The van der Waals surface area contributed by atoms with Gasteiger partial charge in [0.2, 0.25) is 0 Å². The Hall–Kier alpha value is -1.24. The standard InChI is InChI=1S/C16H24F3N3O3S.HI/c1-12-5-6-13(14(9-12)25-11-16(17,18)19)10-22-15(20-2)21-7-4-8-26(3,23)24;/h5-6,9H,4,7-8,10-11H2,1-3H3,(H2,20,21,22);1H. The van der Waals surface area contributed by atoms with E-state index < -0.39 is 22.6 Å². The molecular weight excluding hydrogens is 498 g/mol. The molecule has 0 aliphatic rings. The summed E-state index contributed by atoms with van der Waals surface area (Å²) in [5.74, 6) is 0.632. The summed E-state index contributed by atoms with van der Waals surface area (Å²) in [5, 5.41) is 5.92. The van der Waals surface area contributed by atoms with Gasteiger partial charge in [-0.3, -0.25) is 4.99 Å². The van der Waals surface area contributed by atoms with Crippen LogP contribution in [0.4, 0.5) is 13.2 Å². The van der Waals surface area contributed by atoms with Gasteiger partial charge in [0.05, 0.1) is 5.75 Å². The van der Waals surface area contributed by atoms with Crippen molar-refractivity contribution in [3.63, 3.8) is 0 Å². The van der Waals surface area contributed by atoms with Crippen LogP contribution in [-0.4, -0.2) is 52.8 Å². The van der Waals surface area contributed by atoms with Gasteiger partial charge in [0.15, 0.2) is 12.6 Å². The lowest BCUT2D eigenvalue weighted by atomic mass is 10.1. The highest BCUT2D eigenvalue weighted by Crippen LogP contribution is 2.23. The number of alkyl halides is 3. The molecule has 0 saturated carbocycles. The van der Waals surface area contributed by atoms with Crippen molar-refractivity contribution in [3.8, 4) is 5.75 Å². The number of aliphatic imine (C=N–C) groups is 1. The van der Waals surface area contributed by atoms with Crippen molar-refractivity contribution < 1.29 is 26.3 Å². The summed E-state index contributed by atoms with van der Waals surface area (Å²) in [6.45, 7) is 1.01. The summed E-state index contributed by atoms with van der Waals surface area (Å²) in [7, 11) is -1.48. The maximum absolute atomic E-state index is 12.4. The van der Waals surface area contributed by atoms with Gasteiger partial charge in [-0.15, -0.1) is 24.0 Å². The fourth-order valence-corrected chi connectivity index (χ4v) is 2.71. The molecule has 0 saturated heterocycles. The first-order valence-electron chi connectivity index (χ1n) is 7.91. The smallest absolute Gasteiger partial charge is 0.422 e. The maximum Gasteiger partial charge on any atom is 0.422 e. The molecule has 0 aliphatic carbocycles. The van der Waals surface area contributed by atoms with Crippen LogP contribution < -0.4 is 15.4 Å². The number of sulfone groups is 1. The number of guanidine groups is 1. The predicted molar refractivity (Wildman–Crippen MR) is 111 cm³/mol. The molecule has 6 nitrogen and oxygen atoms in total. The molecule has 0 radical (unpaired) electrons. The van der Waals surface area contributed by atoms with Crippen molar-refractivity contribution in [2.24, 2.45) is 4.99 Å². The molecule has 2 N–H and O–H groups in total. The van der Waals surface area contributed by atoms with E-state index in [1.54, 1.807) is 32.2 Å². The lowest BCUT2D eigenvalue weighted by Crippen LogP contribution is -2.37. The highest BCUT2D eigenvalue weighted by molar-refractivity contribution is 14.0. The normalized spacial score (nSPS) is 12.3. The number of nitrogens with zero attached hydrogens (tertiary/aromatic N) is 1. The van der Waals surface area contributed by atoms with E-state index >= 15 is 0 Å². The van der Waals surface area contributed by atoms with Gasteiger partial charge >= 0.3 is 6.18 Å². The Balaban J connectivity index is 0.00000676. The van der Waals surface area contributed by atoms with Crippen LogP contribution in [0.5, 0.6) is 5.75 Å². The van der Waals surface area contributed by atoms with E-state index in [0.29, 0.717) is 24.5 Å². The highest BCUT2D eigenvalue weighted by Gasteiger charge is 2.28. The van der Waals surface area contributed by atoms with E-state index in [0.717, 1.165) is 5.56 Å². The third-order valence-corrected chi connectivity index (χ3v) is 4.30. The average Bonchev–Trinajstić information content (AvgIpc) is 2.51. The van der Waals surface area contributed by atoms with Crippen molar-refractivity contribution >= 4 is 39.8 Å². The molecule has 0 heterocycles. The molecule has 0 aromatic heterocycles. The van der Waals surface area contributed by atoms with E-state index in [9.17, 15) is 21.6 Å². The Morgan fingerprint density at radius 1 is 1.26 bits per heavy atom. The van der Waals surface area contributed by atoms with Crippen LogP contribution >= 0.6 is 24.0 Å². The highest BCUT2D eigenvalue weighted by atomic mass is 127. The summed E-state index contributed by atoms with van der Waals surface area (Å²) >= 11 is 0. The second-order valence-electron chi connectivity index (χ2n) is 5.85. The molecule has 156 valence electrons. The molecular formula is C16H25F3IN3O3S. The van der Waals surface area contributed by atoms with Crippen LogP contribution in [0.1, 0.15) is 17.5 Å². The summed E-state index contributed by atoms with van der Waals surface area (Å²) in [6, 6.07) is 5.01. The Kier molecular flexibility index (Phi) is 11.0.